The molecule has 1 aromatic carbocycles. The fourth-order valence-electron chi connectivity index (χ4n) is 2.41. The largest absolute Gasteiger partial charge is 0.324 e. The van der Waals surface area contributed by atoms with Crippen LogP contribution in [0.5, 0.6) is 0 Å². The van der Waals surface area contributed by atoms with Crippen LogP contribution in [0.3, 0.4) is 0 Å². The molecule has 0 saturated carbocycles. The van der Waals surface area contributed by atoms with E-state index in [1.165, 1.54) is 11.1 Å². The normalized spacial score (nSPS) is 23.6. The van der Waals surface area contributed by atoms with E-state index in [-0.39, 0.29) is 6.04 Å². The number of hydrogen-bond acceptors (Lipinski definition) is 3. The predicted molar refractivity (Wildman–Crippen MR) is 72.0 cm³/mol. The van der Waals surface area contributed by atoms with Gasteiger partial charge in [0.25, 0.3) is 0 Å². The maximum absolute atomic E-state index is 6.26. The molecule has 0 bridgehead atoms. The van der Waals surface area contributed by atoms with Crippen LogP contribution in [-0.4, -0.2) is 37.6 Å². The Hall–Kier alpha value is -0.900. The second kappa shape index (κ2) is 5.63. The van der Waals surface area contributed by atoms with Gasteiger partial charge in [0.2, 0.25) is 0 Å². The summed E-state index contributed by atoms with van der Waals surface area (Å²) in [6.07, 6.45) is 1.01. The van der Waals surface area contributed by atoms with Crippen molar-refractivity contribution in [2.45, 2.75) is 25.4 Å². The van der Waals surface area contributed by atoms with Crippen LogP contribution < -0.4 is 11.1 Å². The van der Waals surface area contributed by atoms with E-state index in [0.29, 0.717) is 6.04 Å². The Kier molecular flexibility index (Phi) is 4.15. The molecular formula is C14H23N3. The van der Waals surface area contributed by atoms with Crippen molar-refractivity contribution in [3.8, 4) is 0 Å². The summed E-state index contributed by atoms with van der Waals surface area (Å²) in [6.45, 7) is 5.41. The Morgan fingerprint density at radius 1 is 1.41 bits per heavy atom. The third kappa shape index (κ3) is 3.53. The highest BCUT2D eigenvalue weighted by Gasteiger charge is 2.19. The van der Waals surface area contributed by atoms with Gasteiger partial charge < -0.3 is 16.0 Å². The molecule has 0 amide bonds. The number of hydrogen-bond donors (Lipinski definition) is 2. The average molecular weight is 233 g/mol. The van der Waals surface area contributed by atoms with E-state index in [4.69, 9.17) is 5.73 Å². The second-order valence-corrected chi connectivity index (χ2v) is 5.17. The Morgan fingerprint density at radius 2 is 2.12 bits per heavy atom. The first-order valence-corrected chi connectivity index (χ1v) is 6.39. The van der Waals surface area contributed by atoms with Crippen molar-refractivity contribution in [2.24, 2.45) is 5.73 Å². The smallest absolute Gasteiger partial charge is 0.0310 e. The summed E-state index contributed by atoms with van der Waals surface area (Å²) in [6, 6.07) is 9.22. The zero-order valence-electron chi connectivity index (χ0n) is 10.8. The summed E-state index contributed by atoms with van der Waals surface area (Å²) < 4.78 is 0. The lowest BCUT2D eigenvalue weighted by Crippen LogP contribution is -2.49. The minimum absolute atomic E-state index is 0.139. The summed E-state index contributed by atoms with van der Waals surface area (Å²) in [7, 11) is 2.17. The van der Waals surface area contributed by atoms with E-state index in [2.05, 4.69) is 48.5 Å². The molecule has 1 heterocycles. The average Bonchev–Trinajstić information content (AvgIpc) is 2.29. The van der Waals surface area contributed by atoms with Crippen molar-refractivity contribution >= 4 is 0 Å². The Morgan fingerprint density at radius 3 is 2.76 bits per heavy atom. The number of benzene rings is 1. The third-order valence-corrected chi connectivity index (χ3v) is 3.50. The lowest BCUT2D eigenvalue weighted by Gasteiger charge is -2.32. The van der Waals surface area contributed by atoms with Crippen molar-refractivity contribution in [1.29, 1.82) is 0 Å². The van der Waals surface area contributed by atoms with Crippen LogP contribution in [0.1, 0.15) is 23.6 Å². The number of nitrogens with zero attached hydrogens (tertiary/aromatic N) is 1. The van der Waals surface area contributed by atoms with Crippen molar-refractivity contribution in [3.05, 3.63) is 35.4 Å². The van der Waals surface area contributed by atoms with Gasteiger partial charge in [0.1, 0.15) is 0 Å². The maximum Gasteiger partial charge on any atom is 0.0310 e. The summed E-state index contributed by atoms with van der Waals surface area (Å²) in [4.78, 5) is 2.36. The predicted octanol–water partition coefficient (Wildman–Crippen LogP) is 1.29. The lowest BCUT2D eigenvalue weighted by molar-refractivity contribution is 0.226. The highest BCUT2D eigenvalue weighted by atomic mass is 15.2. The molecule has 0 aromatic heterocycles. The van der Waals surface area contributed by atoms with Gasteiger partial charge in [0.15, 0.2) is 0 Å². The van der Waals surface area contributed by atoms with Gasteiger partial charge in [-0.1, -0.05) is 29.8 Å². The van der Waals surface area contributed by atoms with Gasteiger partial charge in [-0.25, -0.2) is 0 Å². The van der Waals surface area contributed by atoms with Crippen LogP contribution in [0.25, 0.3) is 0 Å². The molecule has 0 radical (unpaired) electrons. The van der Waals surface area contributed by atoms with E-state index in [0.717, 1.165) is 26.1 Å². The minimum atomic E-state index is 0.139. The van der Waals surface area contributed by atoms with Crippen LogP contribution in [0, 0.1) is 6.92 Å². The molecule has 3 heteroatoms. The zero-order valence-corrected chi connectivity index (χ0v) is 10.8. The first-order valence-electron chi connectivity index (χ1n) is 6.39. The van der Waals surface area contributed by atoms with Crippen LogP contribution >= 0.6 is 0 Å². The second-order valence-electron chi connectivity index (χ2n) is 5.17. The summed E-state index contributed by atoms with van der Waals surface area (Å²) in [5.41, 5.74) is 8.79. The standard InChI is InChI=1S/C14H23N3/c1-11-3-5-12(6-4-11)14(15)9-13-10-17(2)8-7-16-13/h3-6,13-14,16H,7-10,15H2,1-2H3. The van der Waals surface area contributed by atoms with Crippen LogP contribution in [0.4, 0.5) is 0 Å². The van der Waals surface area contributed by atoms with Gasteiger partial charge >= 0.3 is 0 Å². The van der Waals surface area contributed by atoms with Crippen molar-refractivity contribution in [3.63, 3.8) is 0 Å². The van der Waals surface area contributed by atoms with Gasteiger partial charge in [-0.15, -0.1) is 0 Å². The monoisotopic (exact) mass is 233 g/mol. The van der Waals surface area contributed by atoms with Crippen molar-refractivity contribution < 1.29 is 0 Å². The van der Waals surface area contributed by atoms with Gasteiger partial charge in [-0.2, -0.15) is 0 Å². The summed E-state index contributed by atoms with van der Waals surface area (Å²) in [5, 5.41) is 3.54. The molecule has 17 heavy (non-hydrogen) atoms. The molecule has 0 aliphatic carbocycles. The molecule has 1 fully saturated rings. The first kappa shape index (κ1) is 12.6. The summed E-state index contributed by atoms with van der Waals surface area (Å²) >= 11 is 0. The van der Waals surface area contributed by atoms with Crippen molar-refractivity contribution in [2.75, 3.05) is 26.7 Å². The van der Waals surface area contributed by atoms with E-state index < -0.39 is 0 Å². The Labute approximate surface area is 104 Å². The molecule has 1 aromatic rings. The molecule has 3 N–H and O–H groups in total. The summed E-state index contributed by atoms with van der Waals surface area (Å²) in [5.74, 6) is 0. The van der Waals surface area contributed by atoms with E-state index in [9.17, 15) is 0 Å². The van der Waals surface area contributed by atoms with E-state index in [1.54, 1.807) is 0 Å². The van der Waals surface area contributed by atoms with Crippen LogP contribution in [0.15, 0.2) is 24.3 Å². The maximum atomic E-state index is 6.26. The number of rotatable bonds is 3. The number of piperazine rings is 1. The van der Waals surface area contributed by atoms with E-state index >= 15 is 0 Å². The molecule has 3 nitrogen and oxygen atoms in total. The fourth-order valence-corrected chi connectivity index (χ4v) is 2.41. The molecule has 94 valence electrons. The molecule has 2 rings (SSSR count). The molecule has 1 aliphatic heterocycles. The number of likely N-dealkylation sites (N-methyl/N-ethyl adjacent to an activating group) is 1. The Balaban J connectivity index is 1.91. The molecule has 1 saturated heterocycles. The van der Waals surface area contributed by atoms with Gasteiger partial charge in [-0.05, 0) is 26.0 Å². The van der Waals surface area contributed by atoms with Crippen LogP contribution in [0.2, 0.25) is 0 Å². The number of nitrogens with two attached hydrogens (primary N) is 1. The van der Waals surface area contributed by atoms with Gasteiger partial charge in [-0.3, -0.25) is 0 Å². The molecule has 1 aliphatic rings. The lowest BCUT2D eigenvalue weighted by atomic mass is 9.98. The SMILES string of the molecule is Cc1ccc(C(N)CC2CN(C)CCN2)cc1. The third-order valence-electron chi connectivity index (χ3n) is 3.50. The highest BCUT2D eigenvalue weighted by Crippen LogP contribution is 2.17. The molecule has 2 atom stereocenters. The number of nitrogens with one attached hydrogen (secondary N) is 1. The van der Waals surface area contributed by atoms with Crippen molar-refractivity contribution in [1.82, 2.24) is 10.2 Å². The first-order chi connectivity index (χ1) is 8.15. The van der Waals surface area contributed by atoms with Gasteiger partial charge in [0.05, 0.1) is 0 Å². The fraction of sp³-hybridized carbons (Fsp3) is 0.571. The minimum Gasteiger partial charge on any atom is -0.324 e. The molecule has 0 spiro atoms. The van der Waals surface area contributed by atoms with Crippen LogP contribution in [-0.2, 0) is 0 Å². The topological polar surface area (TPSA) is 41.3 Å². The molecule has 2 unspecified atom stereocenters. The quantitative estimate of drug-likeness (QED) is 0.826. The highest BCUT2D eigenvalue weighted by molar-refractivity contribution is 5.24. The number of aryl methyl sites for hydroxylation is 1. The van der Waals surface area contributed by atoms with Gasteiger partial charge in [0, 0.05) is 31.7 Å². The molecular weight excluding hydrogens is 210 g/mol. The Bertz CT molecular complexity index is 347. The zero-order chi connectivity index (χ0) is 12.3. The van der Waals surface area contributed by atoms with E-state index in [1.807, 2.05) is 0 Å².